The number of nitrogens with zero attached hydrogens (tertiary/aromatic N) is 1. The van der Waals surface area contributed by atoms with E-state index in [-0.39, 0.29) is 6.61 Å². The second-order valence-corrected chi connectivity index (χ2v) is 4.59. The summed E-state index contributed by atoms with van der Waals surface area (Å²) in [6, 6.07) is -0.740. The highest BCUT2D eigenvalue weighted by molar-refractivity contribution is 5.80. The Balaban J connectivity index is 0.00000106. The third kappa shape index (κ3) is 5.10. The van der Waals surface area contributed by atoms with Crippen molar-refractivity contribution in [3.05, 3.63) is 36.0 Å². The Morgan fingerprint density at radius 1 is 1.33 bits per heavy atom. The van der Waals surface area contributed by atoms with Crippen molar-refractivity contribution in [3.8, 4) is 0 Å². The predicted molar refractivity (Wildman–Crippen MR) is 81.0 cm³/mol. The number of allylic oxidation sites excluding steroid dienone is 5. The van der Waals surface area contributed by atoms with E-state index in [0.717, 1.165) is 12.0 Å². The van der Waals surface area contributed by atoms with Gasteiger partial charge in [0.05, 0.1) is 0 Å². The van der Waals surface area contributed by atoms with E-state index in [0.29, 0.717) is 19.4 Å². The van der Waals surface area contributed by atoms with E-state index < -0.39 is 18.1 Å². The van der Waals surface area contributed by atoms with Crippen LogP contribution in [0, 0.1) is 0 Å². The summed E-state index contributed by atoms with van der Waals surface area (Å²) in [7, 11) is 0. The molecular formula is C16H23NO4. The van der Waals surface area contributed by atoms with Crippen LogP contribution in [-0.4, -0.2) is 41.3 Å². The van der Waals surface area contributed by atoms with Gasteiger partial charge in [-0.2, -0.15) is 0 Å². The molecule has 1 saturated heterocycles. The fourth-order valence-corrected chi connectivity index (χ4v) is 2.21. The maximum absolute atomic E-state index is 11.9. The lowest BCUT2D eigenvalue weighted by Crippen LogP contribution is -2.40. The first kappa shape index (κ1) is 17.0. The molecule has 0 aromatic rings. The van der Waals surface area contributed by atoms with Crippen LogP contribution in [0.15, 0.2) is 36.0 Å². The van der Waals surface area contributed by atoms with E-state index in [1.807, 2.05) is 44.2 Å². The molecule has 0 aromatic carbocycles. The van der Waals surface area contributed by atoms with Crippen LogP contribution in [0.25, 0.3) is 0 Å². The minimum atomic E-state index is -0.964. The van der Waals surface area contributed by atoms with Gasteiger partial charge in [-0.1, -0.05) is 44.2 Å². The quantitative estimate of drug-likeness (QED) is 0.868. The molecule has 0 spiro atoms. The molecule has 2 aliphatic rings. The fourth-order valence-electron chi connectivity index (χ4n) is 2.21. The summed E-state index contributed by atoms with van der Waals surface area (Å²) in [4.78, 5) is 24.2. The number of carboxylic acid groups (broad SMARTS) is 1. The van der Waals surface area contributed by atoms with E-state index >= 15 is 0 Å². The normalized spacial score (nSPS) is 20.2. The van der Waals surface area contributed by atoms with Crippen LogP contribution in [0.5, 0.6) is 0 Å². The summed E-state index contributed by atoms with van der Waals surface area (Å²) >= 11 is 0. The summed E-state index contributed by atoms with van der Waals surface area (Å²) in [6.07, 6.45) is 11.0. The molecule has 21 heavy (non-hydrogen) atoms. The van der Waals surface area contributed by atoms with Gasteiger partial charge >= 0.3 is 12.1 Å². The molecule has 0 radical (unpaired) electrons. The van der Waals surface area contributed by atoms with E-state index in [4.69, 9.17) is 9.84 Å². The number of carboxylic acids is 1. The number of amides is 1. The average Bonchev–Trinajstić information content (AvgIpc) is 2.85. The van der Waals surface area contributed by atoms with Crippen LogP contribution >= 0.6 is 0 Å². The van der Waals surface area contributed by atoms with Crippen molar-refractivity contribution in [1.29, 1.82) is 0 Å². The molecule has 1 N–H and O–H groups in total. The Bertz CT molecular complexity index is 451. The molecule has 5 nitrogen and oxygen atoms in total. The van der Waals surface area contributed by atoms with Crippen molar-refractivity contribution < 1.29 is 19.4 Å². The Morgan fingerprint density at radius 3 is 2.81 bits per heavy atom. The molecule has 0 bridgehead atoms. The van der Waals surface area contributed by atoms with Gasteiger partial charge in [0.25, 0.3) is 0 Å². The Labute approximate surface area is 125 Å². The van der Waals surface area contributed by atoms with Crippen molar-refractivity contribution in [1.82, 2.24) is 4.90 Å². The summed E-state index contributed by atoms with van der Waals surface area (Å²) in [6.45, 7) is 4.66. The van der Waals surface area contributed by atoms with E-state index in [1.165, 1.54) is 4.90 Å². The number of aliphatic carboxylic acids is 1. The number of carbonyl (C=O) groups is 2. The second kappa shape index (κ2) is 9.00. The van der Waals surface area contributed by atoms with Crippen molar-refractivity contribution in [2.24, 2.45) is 0 Å². The summed E-state index contributed by atoms with van der Waals surface area (Å²) in [5.41, 5.74) is 0.990. The van der Waals surface area contributed by atoms with Crippen molar-refractivity contribution in [2.75, 3.05) is 13.2 Å². The summed E-state index contributed by atoms with van der Waals surface area (Å²) < 4.78 is 5.19. The third-order valence-electron chi connectivity index (χ3n) is 3.22. The molecular weight excluding hydrogens is 270 g/mol. The number of hydrogen-bond donors (Lipinski definition) is 1. The predicted octanol–water partition coefficient (Wildman–Crippen LogP) is 3.14. The standard InChI is InChI=1S/C14H17NO4.C2H6/c16-13(17)12-8-5-9-15(12)14(18)19-10-11-6-3-1-2-4-7-11;1-2/h1-4,6,12H,5,7-10H2,(H,16,17);1-2H3. The van der Waals surface area contributed by atoms with Gasteiger partial charge in [-0.3, -0.25) is 4.90 Å². The molecule has 1 heterocycles. The first-order valence-electron chi connectivity index (χ1n) is 7.36. The van der Waals surface area contributed by atoms with Crippen LogP contribution < -0.4 is 0 Å². The molecule has 0 aromatic heterocycles. The smallest absolute Gasteiger partial charge is 0.410 e. The first-order valence-corrected chi connectivity index (χ1v) is 7.36. The van der Waals surface area contributed by atoms with Crippen LogP contribution in [0.4, 0.5) is 4.79 Å². The molecule has 1 atom stereocenters. The largest absolute Gasteiger partial charge is 0.480 e. The SMILES string of the molecule is CC.O=C(O)C1CCCN1C(=O)OCC1=CC=CC=CC1. The Kier molecular flexibility index (Phi) is 7.29. The van der Waals surface area contributed by atoms with Crippen molar-refractivity contribution in [2.45, 2.75) is 39.2 Å². The minimum Gasteiger partial charge on any atom is -0.480 e. The maximum atomic E-state index is 11.9. The minimum absolute atomic E-state index is 0.205. The Hall–Kier alpha value is -2.04. The molecule has 5 heteroatoms. The molecule has 1 aliphatic heterocycles. The fraction of sp³-hybridized carbons (Fsp3) is 0.500. The molecule has 1 amide bonds. The number of likely N-dealkylation sites (tertiary alicyclic amines) is 1. The molecule has 0 saturated carbocycles. The van der Waals surface area contributed by atoms with Gasteiger partial charge in [-0.05, 0) is 24.8 Å². The highest BCUT2D eigenvalue weighted by Gasteiger charge is 2.34. The second-order valence-electron chi connectivity index (χ2n) is 4.59. The van der Waals surface area contributed by atoms with Crippen LogP contribution in [0.3, 0.4) is 0 Å². The number of carbonyl (C=O) groups excluding carboxylic acids is 1. The molecule has 1 aliphatic carbocycles. The summed E-state index contributed by atoms with van der Waals surface area (Å²) in [5.74, 6) is -0.964. The maximum Gasteiger partial charge on any atom is 0.410 e. The lowest BCUT2D eigenvalue weighted by atomic mass is 10.2. The van der Waals surface area contributed by atoms with E-state index in [9.17, 15) is 9.59 Å². The van der Waals surface area contributed by atoms with Crippen LogP contribution in [-0.2, 0) is 9.53 Å². The summed E-state index contributed by atoms with van der Waals surface area (Å²) in [5, 5.41) is 9.01. The monoisotopic (exact) mass is 293 g/mol. The number of hydrogen-bond acceptors (Lipinski definition) is 3. The van der Waals surface area contributed by atoms with E-state index in [1.54, 1.807) is 0 Å². The average molecular weight is 293 g/mol. The van der Waals surface area contributed by atoms with Gasteiger partial charge in [-0.15, -0.1) is 0 Å². The molecule has 2 rings (SSSR count). The van der Waals surface area contributed by atoms with Crippen LogP contribution in [0.2, 0.25) is 0 Å². The topological polar surface area (TPSA) is 66.8 Å². The lowest BCUT2D eigenvalue weighted by Gasteiger charge is -2.21. The zero-order chi connectivity index (χ0) is 15.7. The molecule has 1 fully saturated rings. The van der Waals surface area contributed by atoms with Gasteiger partial charge < -0.3 is 9.84 Å². The lowest BCUT2D eigenvalue weighted by molar-refractivity contribution is -0.141. The van der Waals surface area contributed by atoms with Crippen molar-refractivity contribution in [3.63, 3.8) is 0 Å². The number of ether oxygens (including phenoxy) is 1. The van der Waals surface area contributed by atoms with Gasteiger partial charge in [0, 0.05) is 6.54 Å². The third-order valence-corrected chi connectivity index (χ3v) is 3.22. The van der Waals surface area contributed by atoms with Gasteiger partial charge in [0.1, 0.15) is 12.6 Å². The molecule has 1 unspecified atom stereocenters. The first-order chi connectivity index (χ1) is 10.2. The zero-order valence-corrected chi connectivity index (χ0v) is 12.6. The molecule has 116 valence electrons. The zero-order valence-electron chi connectivity index (χ0n) is 12.6. The highest BCUT2D eigenvalue weighted by atomic mass is 16.6. The van der Waals surface area contributed by atoms with Gasteiger partial charge in [-0.25, -0.2) is 9.59 Å². The van der Waals surface area contributed by atoms with Crippen molar-refractivity contribution >= 4 is 12.1 Å². The van der Waals surface area contributed by atoms with E-state index in [2.05, 4.69) is 0 Å². The van der Waals surface area contributed by atoms with Gasteiger partial charge in [0.2, 0.25) is 0 Å². The van der Waals surface area contributed by atoms with Gasteiger partial charge in [0.15, 0.2) is 0 Å². The highest BCUT2D eigenvalue weighted by Crippen LogP contribution is 2.19. The number of rotatable bonds is 3. The van der Waals surface area contributed by atoms with Crippen LogP contribution in [0.1, 0.15) is 33.1 Å². The Morgan fingerprint density at radius 2 is 2.10 bits per heavy atom.